The summed E-state index contributed by atoms with van der Waals surface area (Å²) in [5, 5.41) is 40.0. The third-order valence-corrected chi connectivity index (χ3v) is 9.50. The number of aliphatic hydroxyl groups excluding tert-OH is 4. The molecule has 0 bridgehead atoms. The van der Waals surface area contributed by atoms with E-state index >= 15 is 0 Å². The van der Waals surface area contributed by atoms with E-state index in [0.717, 1.165) is 70.6 Å². The van der Waals surface area contributed by atoms with E-state index in [4.69, 9.17) is 18.9 Å². The number of esters is 2. The van der Waals surface area contributed by atoms with Crippen LogP contribution in [-0.4, -0.2) is 89.0 Å². The van der Waals surface area contributed by atoms with Gasteiger partial charge in [0.15, 0.2) is 12.4 Å². The molecule has 0 aromatic heterocycles. The lowest BCUT2D eigenvalue weighted by Gasteiger charge is -2.39. The predicted molar refractivity (Wildman–Crippen MR) is 210 cm³/mol. The average molecular weight is 753 g/mol. The maximum Gasteiger partial charge on any atom is 0.306 e. The Hall–Kier alpha value is -2.08. The molecule has 0 saturated carbocycles. The normalized spacial score (nSPS) is 21.2. The Kier molecular flexibility index (Phi) is 31.8. The summed E-state index contributed by atoms with van der Waals surface area (Å²) in [6.45, 7) is 3.33. The standard InChI is InChI=1S/C43H76O10/c1-3-5-7-9-11-13-15-16-17-18-19-20-22-23-25-27-29-31-38(45)50-34-36(35-51-43-42(49)41(48)40(47)37(33-44)53-43)52-39(46)32-30-28-26-24-21-14-12-10-8-6-4-2/h10-13,16-17,36-37,40-44,47-49H,3-9,14-15,18-35H2,1-2H3/b12-10+,13-11+,17-16+/t36-,37-,40+,41?,42?,43-/m0/s1. The van der Waals surface area contributed by atoms with Gasteiger partial charge in [0, 0.05) is 12.8 Å². The van der Waals surface area contributed by atoms with Gasteiger partial charge in [-0.05, 0) is 64.2 Å². The third kappa shape index (κ3) is 26.4. The van der Waals surface area contributed by atoms with Crippen LogP contribution in [0.2, 0.25) is 0 Å². The molecule has 10 heteroatoms. The lowest BCUT2D eigenvalue weighted by Crippen LogP contribution is -2.59. The molecule has 0 aliphatic carbocycles. The van der Waals surface area contributed by atoms with E-state index in [-0.39, 0.29) is 32.0 Å². The van der Waals surface area contributed by atoms with Gasteiger partial charge in [-0.25, -0.2) is 0 Å². The van der Waals surface area contributed by atoms with E-state index in [9.17, 15) is 30.0 Å². The number of hydrogen-bond donors (Lipinski definition) is 4. The van der Waals surface area contributed by atoms with E-state index in [1.165, 1.54) is 57.8 Å². The summed E-state index contributed by atoms with van der Waals surface area (Å²) in [5.74, 6) is -0.828. The van der Waals surface area contributed by atoms with Gasteiger partial charge in [-0.15, -0.1) is 0 Å². The van der Waals surface area contributed by atoms with Gasteiger partial charge in [-0.2, -0.15) is 0 Å². The molecule has 0 spiro atoms. The zero-order valence-corrected chi connectivity index (χ0v) is 33.3. The summed E-state index contributed by atoms with van der Waals surface area (Å²) in [6.07, 6.45) is 30.1. The second kappa shape index (κ2) is 34.4. The second-order valence-electron chi connectivity index (χ2n) is 14.4. The molecule has 0 aromatic rings. The fraction of sp³-hybridized carbons (Fsp3) is 0.814. The van der Waals surface area contributed by atoms with Crippen LogP contribution in [0.25, 0.3) is 0 Å². The van der Waals surface area contributed by atoms with Crippen LogP contribution in [0.15, 0.2) is 36.5 Å². The first-order valence-electron chi connectivity index (χ1n) is 21.1. The van der Waals surface area contributed by atoms with Gasteiger partial charge in [0.25, 0.3) is 0 Å². The minimum absolute atomic E-state index is 0.217. The number of unbranched alkanes of at least 4 members (excludes halogenated alkanes) is 17. The summed E-state index contributed by atoms with van der Waals surface area (Å²) >= 11 is 0. The van der Waals surface area contributed by atoms with Crippen LogP contribution in [0.4, 0.5) is 0 Å². The van der Waals surface area contributed by atoms with Crippen LogP contribution in [0.1, 0.15) is 168 Å². The van der Waals surface area contributed by atoms with Crippen LogP contribution in [-0.2, 0) is 28.5 Å². The molecule has 1 heterocycles. The molecule has 2 unspecified atom stereocenters. The maximum atomic E-state index is 12.7. The molecule has 1 rings (SSSR count). The highest BCUT2D eigenvalue weighted by molar-refractivity contribution is 5.70. The van der Waals surface area contributed by atoms with Crippen molar-refractivity contribution in [3.05, 3.63) is 36.5 Å². The Balaban J connectivity index is 2.35. The summed E-state index contributed by atoms with van der Waals surface area (Å²) in [6, 6.07) is 0. The number of hydrogen-bond acceptors (Lipinski definition) is 10. The molecule has 0 radical (unpaired) electrons. The third-order valence-electron chi connectivity index (χ3n) is 9.50. The van der Waals surface area contributed by atoms with Gasteiger partial charge < -0.3 is 39.4 Å². The van der Waals surface area contributed by atoms with Gasteiger partial charge in [0.05, 0.1) is 13.2 Å². The van der Waals surface area contributed by atoms with Crippen molar-refractivity contribution in [2.45, 2.75) is 205 Å². The molecule has 4 N–H and O–H groups in total. The highest BCUT2D eigenvalue weighted by Gasteiger charge is 2.44. The van der Waals surface area contributed by atoms with Crippen molar-refractivity contribution in [1.29, 1.82) is 0 Å². The van der Waals surface area contributed by atoms with E-state index < -0.39 is 49.4 Å². The molecule has 1 aliphatic heterocycles. The summed E-state index contributed by atoms with van der Waals surface area (Å²) in [4.78, 5) is 25.2. The van der Waals surface area contributed by atoms with Gasteiger partial charge in [-0.1, -0.05) is 127 Å². The molecule has 6 atom stereocenters. The maximum absolute atomic E-state index is 12.7. The highest BCUT2D eigenvalue weighted by Crippen LogP contribution is 2.22. The van der Waals surface area contributed by atoms with Crippen molar-refractivity contribution in [3.8, 4) is 0 Å². The second-order valence-corrected chi connectivity index (χ2v) is 14.4. The first-order valence-corrected chi connectivity index (χ1v) is 21.1. The van der Waals surface area contributed by atoms with E-state index in [2.05, 4.69) is 50.3 Å². The Morgan fingerprint density at radius 2 is 1.08 bits per heavy atom. The van der Waals surface area contributed by atoms with Crippen LogP contribution < -0.4 is 0 Å². The lowest BCUT2D eigenvalue weighted by molar-refractivity contribution is -0.305. The molecule has 1 fully saturated rings. The molecular formula is C43H76O10. The largest absolute Gasteiger partial charge is 0.462 e. The van der Waals surface area contributed by atoms with Crippen molar-refractivity contribution in [1.82, 2.24) is 0 Å². The van der Waals surface area contributed by atoms with Crippen molar-refractivity contribution >= 4 is 11.9 Å². The lowest BCUT2D eigenvalue weighted by atomic mass is 9.99. The van der Waals surface area contributed by atoms with E-state index in [1.807, 2.05) is 0 Å². The molecular weight excluding hydrogens is 676 g/mol. The Morgan fingerprint density at radius 3 is 1.64 bits per heavy atom. The number of ether oxygens (including phenoxy) is 4. The van der Waals surface area contributed by atoms with Crippen LogP contribution in [0, 0.1) is 0 Å². The zero-order valence-electron chi connectivity index (χ0n) is 33.3. The Morgan fingerprint density at radius 1 is 0.585 bits per heavy atom. The first-order chi connectivity index (χ1) is 25.8. The molecule has 53 heavy (non-hydrogen) atoms. The van der Waals surface area contributed by atoms with Gasteiger partial charge >= 0.3 is 11.9 Å². The van der Waals surface area contributed by atoms with Crippen molar-refractivity contribution < 1.29 is 49.0 Å². The summed E-state index contributed by atoms with van der Waals surface area (Å²) in [5.41, 5.74) is 0. The fourth-order valence-electron chi connectivity index (χ4n) is 6.08. The average Bonchev–Trinajstić information content (AvgIpc) is 3.15. The molecule has 0 amide bonds. The number of carbonyl (C=O) groups excluding carboxylic acids is 2. The summed E-state index contributed by atoms with van der Waals surface area (Å²) in [7, 11) is 0. The van der Waals surface area contributed by atoms with E-state index in [1.54, 1.807) is 0 Å². The molecule has 308 valence electrons. The predicted octanol–water partition coefficient (Wildman–Crippen LogP) is 8.33. The Labute approximate surface area is 321 Å². The van der Waals surface area contributed by atoms with Gasteiger partial charge in [-0.3, -0.25) is 9.59 Å². The van der Waals surface area contributed by atoms with Crippen LogP contribution in [0.5, 0.6) is 0 Å². The quantitative estimate of drug-likeness (QED) is 0.0287. The monoisotopic (exact) mass is 753 g/mol. The zero-order chi connectivity index (χ0) is 38.8. The van der Waals surface area contributed by atoms with E-state index in [0.29, 0.717) is 12.8 Å². The minimum Gasteiger partial charge on any atom is -0.462 e. The minimum atomic E-state index is -1.60. The molecule has 1 aliphatic rings. The summed E-state index contributed by atoms with van der Waals surface area (Å²) < 4.78 is 22.1. The van der Waals surface area contributed by atoms with Gasteiger partial charge in [0.2, 0.25) is 0 Å². The molecule has 0 aromatic carbocycles. The SMILES string of the molecule is CCCC/C=C/CCCCCCCC(=O)O[C@@H](COC(=O)CCCCCCCCC/C=C/C/C=C/CCCCC)CO[C@H]1O[C@@H](CO)[C@@H](O)C(O)C1O. The smallest absolute Gasteiger partial charge is 0.306 e. The van der Waals surface area contributed by atoms with Crippen molar-refractivity contribution in [3.63, 3.8) is 0 Å². The first kappa shape index (κ1) is 48.9. The Bertz CT molecular complexity index is 965. The van der Waals surface area contributed by atoms with Crippen molar-refractivity contribution in [2.24, 2.45) is 0 Å². The fourth-order valence-corrected chi connectivity index (χ4v) is 6.08. The molecule has 10 nitrogen and oxygen atoms in total. The number of rotatable bonds is 34. The molecule has 1 saturated heterocycles. The number of allylic oxidation sites excluding steroid dienone is 6. The number of aliphatic hydroxyl groups is 4. The van der Waals surface area contributed by atoms with Gasteiger partial charge in [0.1, 0.15) is 31.0 Å². The van der Waals surface area contributed by atoms with Crippen LogP contribution >= 0.6 is 0 Å². The van der Waals surface area contributed by atoms with Crippen molar-refractivity contribution in [2.75, 3.05) is 19.8 Å². The highest BCUT2D eigenvalue weighted by atomic mass is 16.7. The topological polar surface area (TPSA) is 152 Å². The van der Waals surface area contributed by atoms with Crippen LogP contribution in [0.3, 0.4) is 0 Å². The number of carbonyl (C=O) groups is 2.